The third-order valence-electron chi connectivity index (χ3n) is 5.59. The molecule has 4 aromatic rings. The summed E-state index contributed by atoms with van der Waals surface area (Å²) in [4.78, 5) is 13.4. The lowest BCUT2D eigenvalue weighted by Crippen LogP contribution is -2.43. The first-order chi connectivity index (χ1) is 16.7. The average Bonchev–Trinajstić information content (AvgIpc) is 3.31. The lowest BCUT2D eigenvalue weighted by Gasteiger charge is -2.33. The number of hydrogen-bond acceptors (Lipinski definition) is 6. The van der Waals surface area contributed by atoms with Crippen LogP contribution < -0.4 is 15.5 Å². The summed E-state index contributed by atoms with van der Waals surface area (Å²) in [6.07, 6.45) is 0. The number of carbonyl (C=O) groups excluding carboxylic acids is 1. The Balaban J connectivity index is 1.45. The molecular weight excluding hydrogens is 446 g/mol. The monoisotopic (exact) mass is 471 g/mol. The molecule has 2 N–H and O–H groups in total. The molecule has 5 rings (SSSR count). The van der Waals surface area contributed by atoms with E-state index in [9.17, 15) is 4.79 Å². The second kappa shape index (κ2) is 10.0. The zero-order chi connectivity index (χ0) is 23.3. The Kier molecular flexibility index (Phi) is 6.49. The molecule has 172 valence electrons. The summed E-state index contributed by atoms with van der Waals surface area (Å²) in [5.41, 5.74) is 6.49. The van der Waals surface area contributed by atoms with E-state index in [2.05, 4.69) is 20.9 Å². The highest BCUT2D eigenvalue weighted by Crippen LogP contribution is 2.39. The van der Waals surface area contributed by atoms with Crippen LogP contribution in [0, 0.1) is 0 Å². The molecule has 1 aromatic heterocycles. The number of benzene rings is 3. The number of hydrogen-bond donors (Lipinski definition) is 2. The van der Waals surface area contributed by atoms with Crippen molar-refractivity contribution in [3.8, 4) is 17.1 Å². The van der Waals surface area contributed by atoms with Gasteiger partial charge in [0.1, 0.15) is 11.0 Å². The van der Waals surface area contributed by atoms with Crippen LogP contribution >= 0.6 is 11.8 Å². The Morgan fingerprint density at radius 3 is 2.41 bits per heavy atom. The van der Waals surface area contributed by atoms with Gasteiger partial charge >= 0.3 is 0 Å². The molecule has 34 heavy (non-hydrogen) atoms. The minimum Gasteiger partial charge on any atom is -0.494 e. The zero-order valence-corrected chi connectivity index (χ0v) is 19.5. The molecule has 1 aliphatic rings. The van der Waals surface area contributed by atoms with Gasteiger partial charge in [0.05, 0.1) is 12.6 Å². The van der Waals surface area contributed by atoms with Crippen molar-refractivity contribution >= 4 is 17.7 Å². The standard InChI is InChI=1S/C26H25N5O2S/c1-2-33-21-15-13-19(14-16-21)22-23(25(32)27-17-18-9-5-3-6-10-18)34-26-29-28-24(31(26)30-22)20-11-7-4-8-12-20/h3-16,22-23,30H,2,17H2,1H3,(H,27,32)/t22-,23+/m0/s1. The number of fused-ring (bicyclic) bond motifs is 1. The highest BCUT2D eigenvalue weighted by molar-refractivity contribution is 8.00. The normalized spacial score (nSPS) is 16.9. The van der Waals surface area contributed by atoms with E-state index in [4.69, 9.17) is 4.74 Å². The Morgan fingerprint density at radius 1 is 1.00 bits per heavy atom. The number of carbonyl (C=O) groups is 1. The zero-order valence-electron chi connectivity index (χ0n) is 18.7. The van der Waals surface area contributed by atoms with Gasteiger partial charge in [0.25, 0.3) is 0 Å². The summed E-state index contributed by atoms with van der Waals surface area (Å²) in [5.74, 6) is 1.45. The number of nitrogens with one attached hydrogen (secondary N) is 2. The van der Waals surface area contributed by atoms with Crippen LogP contribution in [0.25, 0.3) is 11.4 Å². The maximum Gasteiger partial charge on any atom is 0.236 e. The van der Waals surface area contributed by atoms with Gasteiger partial charge in [-0.1, -0.05) is 84.6 Å². The minimum atomic E-state index is -0.429. The van der Waals surface area contributed by atoms with Crippen molar-refractivity contribution < 1.29 is 9.53 Å². The summed E-state index contributed by atoms with van der Waals surface area (Å²) in [6.45, 7) is 3.03. The fraction of sp³-hybridized carbons (Fsp3) is 0.192. The number of ether oxygens (including phenoxy) is 1. The molecule has 0 bridgehead atoms. The van der Waals surface area contributed by atoms with Crippen LogP contribution in [0.15, 0.2) is 90.1 Å². The topological polar surface area (TPSA) is 81.1 Å². The van der Waals surface area contributed by atoms with Crippen LogP contribution in [0.4, 0.5) is 0 Å². The number of aromatic nitrogens is 3. The lowest BCUT2D eigenvalue weighted by atomic mass is 10.0. The molecule has 1 amide bonds. The van der Waals surface area contributed by atoms with Crippen LogP contribution in [-0.2, 0) is 11.3 Å². The van der Waals surface area contributed by atoms with Crippen molar-refractivity contribution in [2.24, 2.45) is 0 Å². The van der Waals surface area contributed by atoms with Crippen molar-refractivity contribution in [1.29, 1.82) is 0 Å². The van der Waals surface area contributed by atoms with Gasteiger partial charge in [-0.3, -0.25) is 4.79 Å². The molecule has 0 unspecified atom stereocenters. The molecule has 2 heterocycles. The van der Waals surface area contributed by atoms with Gasteiger partial charge in [0.2, 0.25) is 11.1 Å². The van der Waals surface area contributed by atoms with Gasteiger partial charge in [-0.25, -0.2) is 4.68 Å². The molecule has 2 atom stereocenters. The molecule has 3 aromatic carbocycles. The third kappa shape index (κ3) is 4.63. The highest BCUT2D eigenvalue weighted by Gasteiger charge is 2.38. The van der Waals surface area contributed by atoms with E-state index in [0.29, 0.717) is 24.1 Å². The number of rotatable bonds is 7. The first-order valence-corrected chi connectivity index (χ1v) is 12.1. The summed E-state index contributed by atoms with van der Waals surface area (Å²) in [5, 5.41) is 12.1. The maximum absolute atomic E-state index is 13.4. The molecular formula is C26H25N5O2S. The average molecular weight is 472 g/mol. The summed E-state index contributed by atoms with van der Waals surface area (Å²) in [7, 11) is 0. The molecule has 7 nitrogen and oxygen atoms in total. The van der Waals surface area contributed by atoms with Gasteiger partial charge in [-0.2, -0.15) is 0 Å². The minimum absolute atomic E-state index is 0.0595. The van der Waals surface area contributed by atoms with Crippen molar-refractivity contribution in [3.05, 3.63) is 96.1 Å². The molecule has 0 saturated heterocycles. The number of thioether (sulfide) groups is 1. The second-order valence-corrected chi connectivity index (χ2v) is 8.97. The molecule has 0 aliphatic carbocycles. The van der Waals surface area contributed by atoms with E-state index in [1.807, 2.05) is 96.5 Å². The smallest absolute Gasteiger partial charge is 0.236 e. The van der Waals surface area contributed by atoms with Gasteiger partial charge in [0.15, 0.2) is 5.82 Å². The van der Waals surface area contributed by atoms with Crippen molar-refractivity contribution in [3.63, 3.8) is 0 Å². The Hall–Kier alpha value is -3.78. The molecule has 8 heteroatoms. The number of nitrogens with zero attached hydrogens (tertiary/aromatic N) is 3. The van der Waals surface area contributed by atoms with Gasteiger partial charge in [-0.15, -0.1) is 10.2 Å². The fourth-order valence-corrected chi connectivity index (χ4v) is 5.01. The highest BCUT2D eigenvalue weighted by atomic mass is 32.2. The Morgan fingerprint density at radius 2 is 1.71 bits per heavy atom. The third-order valence-corrected chi connectivity index (χ3v) is 6.80. The van der Waals surface area contributed by atoms with Crippen molar-refractivity contribution in [2.75, 3.05) is 12.0 Å². The molecule has 0 radical (unpaired) electrons. The van der Waals surface area contributed by atoms with Gasteiger partial charge in [0, 0.05) is 12.1 Å². The fourth-order valence-electron chi connectivity index (χ4n) is 3.90. The van der Waals surface area contributed by atoms with Crippen LogP contribution in [0.2, 0.25) is 0 Å². The van der Waals surface area contributed by atoms with E-state index in [1.54, 1.807) is 0 Å². The van der Waals surface area contributed by atoms with Gasteiger partial charge < -0.3 is 15.5 Å². The van der Waals surface area contributed by atoms with Crippen LogP contribution in [0.3, 0.4) is 0 Å². The molecule has 1 aliphatic heterocycles. The largest absolute Gasteiger partial charge is 0.494 e. The van der Waals surface area contributed by atoms with Crippen LogP contribution in [0.1, 0.15) is 24.1 Å². The molecule has 0 saturated carbocycles. The summed E-state index contributed by atoms with van der Waals surface area (Å²) in [6, 6.07) is 27.4. The van der Waals surface area contributed by atoms with Crippen LogP contribution in [-0.4, -0.2) is 32.6 Å². The maximum atomic E-state index is 13.4. The van der Waals surface area contributed by atoms with Crippen LogP contribution in [0.5, 0.6) is 5.75 Å². The Labute approximate surface area is 202 Å². The van der Waals surface area contributed by atoms with Gasteiger partial charge in [-0.05, 0) is 30.2 Å². The molecule has 0 fully saturated rings. The van der Waals surface area contributed by atoms with E-state index in [0.717, 1.165) is 22.4 Å². The van der Waals surface area contributed by atoms with Crippen molar-refractivity contribution in [1.82, 2.24) is 20.2 Å². The predicted molar refractivity (Wildman–Crippen MR) is 133 cm³/mol. The van der Waals surface area contributed by atoms with E-state index >= 15 is 0 Å². The second-order valence-electron chi connectivity index (χ2n) is 7.86. The van der Waals surface area contributed by atoms with E-state index < -0.39 is 5.25 Å². The first-order valence-electron chi connectivity index (χ1n) is 11.2. The quantitative estimate of drug-likeness (QED) is 0.415. The summed E-state index contributed by atoms with van der Waals surface area (Å²) >= 11 is 1.42. The van der Waals surface area contributed by atoms with E-state index in [1.165, 1.54) is 11.8 Å². The van der Waals surface area contributed by atoms with E-state index in [-0.39, 0.29) is 11.9 Å². The first kappa shape index (κ1) is 22.0. The SMILES string of the molecule is CCOc1ccc([C@@H]2Nn3c(nnc3-c3ccccc3)S[C@H]2C(=O)NCc2ccccc2)cc1. The number of amides is 1. The Bertz CT molecular complexity index is 1250. The molecule has 0 spiro atoms. The summed E-state index contributed by atoms with van der Waals surface area (Å²) < 4.78 is 7.48. The predicted octanol–water partition coefficient (Wildman–Crippen LogP) is 4.42. The lowest BCUT2D eigenvalue weighted by molar-refractivity contribution is -0.121. The van der Waals surface area contributed by atoms with Crippen molar-refractivity contribution in [2.45, 2.75) is 29.9 Å².